The maximum Gasteiger partial charge on any atom is 0.276 e. The van der Waals surface area contributed by atoms with Gasteiger partial charge in [0.25, 0.3) is 5.91 Å². The third kappa shape index (κ3) is 5.04. The van der Waals surface area contributed by atoms with E-state index in [0.717, 1.165) is 6.42 Å². The smallest absolute Gasteiger partial charge is 0.276 e. The number of aromatic nitrogens is 2. The van der Waals surface area contributed by atoms with E-state index >= 15 is 0 Å². The van der Waals surface area contributed by atoms with Crippen molar-refractivity contribution in [3.05, 3.63) is 72.4 Å². The maximum absolute atomic E-state index is 12.5. The van der Waals surface area contributed by atoms with Crippen LogP contribution in [0.3, 0.4) is 0 Å². The van der Waals surface area contributed by atoms with Crippen LogP contribution in [0, 0.1) is 0 Å². The van der Waals surface area contributed by atoms with Crippen molar-refractivity contribution in [2.75, 3.05) is 10.6 Å². The van der Waals surface area contributed by atoms with Crippen molar-refractivity contribution in [3.8, 4) is 11.5 Å². The number of ether oxygens (including phenoxy) is 1. The fraction of sp³-hybridized carbons (Fsp3) is 0.190. The van der Waals surface area contributed by atoms with E-state index in [4.69, 9.17) is 4.74 Å². The molecular formula is C21H22N4O2. The standard InChI is InChI=1S/C21H22N4O2/c1-3-15(2)22-20-14-13-18(24-25-20)21(26)23-17-11-7-8-12-19(17)27-16-9-5-4-6-10-16/h4-15H,3H2,1-2H3,(H,22,25)(H,23,26). The Morgan fingerprint density at radius 3 is 2.44 bits per heavy atom. The molecule has 0 bridgehead atoms. The third-order valence-corrected chi connectivity index (χ3v) is 4.01. The first-order valence-corrected chi connectivity index (χ1v) is 8.89. The molecule has 0 saturated heterocycles. The van der Waals surface area contributed by atoms with Gasteiger partial charge in [-0.1, -0.05) is 37.3 Å². The summed E-state index contributed by atoms with van der Waals surface area (Å²) in [6, 6.07) is 20.4. The molecule has 0 fully saturated rings. The molecule has 6 nitrogen and oxygen atoms in total. The van der Waals surface area contributed by atoms with Gasteiger partial charge in [0.1, 0.15) is 11.6 Å². The summed E-state index contributed by atoms with van der Waals surface area (Å²) >= 11 is 0. The number of nitrogens with one attached hydrogen (secondary N) is 2. The molecule has 1 aromatic heterocycles. The van der Waals surface area contributed by atoms with Crippen molar-refractivity contribution < 1.29 is 9.53 Å². The van der Waals surface area contributed by atoms with Crippen molar-refractivity contribution in [2.45, 2.75) is 26.3 Å². The van der Waals surface area contributed by atoms with Crippen LogP contribution in [0.5, 0.6) is 11.5 Å². The molecule has 2 N–H and O–H groups in total. The Hall–Kier alpha value is -3.41. The molecule has 27 heavy (non-hydrogen) atoms. The number of carbonyl (C=O) groups is 1. The van der Waals surface area contributed by atoms with Gasteiger partial charge in [0.15, 0.2) is 11.4 Å². The predicted molar refractivity (Wildman–Crippen MR) is 106 cm³/mol. The summed E-state index contributed by atoms with van der Waals surface area (Å²) in [4.78, 5) is 12.5. The van der Waals surface area contributed by atoms with E-state index in [1.807, 2.05) is 42.5 Å². The van der Waals surface area contributed by atoms with Gasteiger partial charge in [0.05, 0.1) is 5.69 Å². The maximum atomic E-state index is 12.5. The minimum absolute atomic E-state index is 0.235. The number of benzene rings is 2. The van der Waals surface area contributed by atoms with Crippen molar-refractivity contribution >= 4 is 17.4 Å². The van der Waals surface area contributed by atoms with Crippen LogP contribution in [0.4, 0.5) is 11.5 Å². The van der Waals surface area contributed by atoms with E-state index in [-0.39, 0.29) is 11.6 Å². The zero-order chi connectivity index (χ0) is 19.1. The fourth-order valence-electron chi connectivity index (χ4n) is 2.35. The fourth-order valence-corrected chi connectivity index (χ4v) is 2.35. The highest BCUT2D eigenvalue weighted by Crippen LogP contribution is 2.29. The van der Waals surface area contributed by atoms with Gasteiger partial charge in [-0.2, -0.15) is 0 Å². The first-order chi connectivity index (χ1) is 13.2. The summed E-state index contributed by atoms with van der Waals surface area (Å²) in [7, 11) is 0. The Balaban J connectivity index is 1.71. The lowest BCUT2D eigenvalue weighted by Gasteiger charge is -2.13. The van der Waals surface area contributed by atoms with E-state index in [1.165, 1.54) is 0 Å². The SMILES string of the molecule is CCC(C)Nc1ccc(C(=O)Nc2ccccc2Oc2ccccc2)nn1. The molecule has 0 radical (unpaired) electrons. The number of anilines is 2. The molecule has 1 unspecified atom stereocenters. The van der Waals surface area contributed by atoms with Crippen molar-refractivity contribution in [1.29, 1.82) is 0 Å². The summed E-state index contributed by atoms with van der Waals surface area (Å²) in [5.41, 5.74) is 0.800. The van der Waals surface area contributed by atoms with Gasteiger partial charge in [-0.05, 0) is 49.7 Å². The largest absolute Gasteiger partial charge is 0.455 e. The number of carbonyl (C=O) groups excluding carboxylic acids is 1. The highest BCUT2D eigenvalue weighted by atomic mass is 16.5. The summed E-state index contributed by atoms with van der Waals surface area (Å²) in [5, 5.41) is 14.1. The van der Waals surface area contributed by atoms with Crippen LogP contribution < -0.4 is 15.4 Å². The number of rotatable bonds is 7. The molecule has 0 aliphatic carbocycles. The quantitative estimate of drug-likeness (QED) is 0.635. The molecular weight excluding hydrogens is 340 g/mol. The zero-order valence-electron chi connectivity index (χ0n) is 15.3. The molecule has 3 aromatic rings. The predicted octanol–water partition coefficient (Wildman–Crippen LogP) is 4.73. The van der Waals surface area contributed by atoms with Gasteiger partial charge in [-0.25, -0.2) is 0 Å². The van der Waals surface area contributed by atoms with Crippen molar-refractivity contribution in [2.24, 2.45) is 0 Å². The topological polar surface area (TPSA) is 76.1 Å². The minimum Gasteiger partial charge on any atom is -0.455 e. The lowest BCUT2D eigenvalue weighted by molar-refractivity contribution is 0.102. The van der Waals surface area contributed by atoms with E-state index in [9.17, 15) is 4.79 Å². The number of nitrogens with zero attached hydrogens (tertiary/aromatic N) is 2. The summed E-state index contributed by atoms with van der Waals surface area (Å²) < 4.78 is 5.86. The summed E-state index contributed by atoms with van der Waals surface area (Å²) in [6.45, 7) is 4.15. The van der Waals surface area contributed by atoms with Gasteiger partial charge in [0.2, 0.25) is 0 Å². The van der Waals surface area contributed by atoms with Crippen LogP contribution in [-0.2, 0) is 0 Å². The summed E-state index contributed by atoms with van der Waals surface area (Å²) in [5.74, 6) is 1.55. The van der Waals surface area contributed by atoms with E-state index in [1.54, 1.807) is 24.3 Å². The Bertz CT molecular complexity index is 882. The van der Waals surface area contributed by atoms with Crippen molar-refractivity contribution in [1.82, 2.24) is 10.2 Å². The number of hydrogen-bond acceptors (Lipinski definition) is 5. The molecule has 1 amide bonds. The van der Waals surface area contributed by atoms with Gasteiger partial charge in [0, 0.05) is 6.04 Å². The molecule has 0 aliphatic rings. The molecule has 138 valence electrons. The normalized spacial score (nSPS) is 11.5. The van der Waals surface area contributed by atoms with Crippen LogP contribution in [-0.4, -0.2) is 22.1 Å². The zero-order valence-corrected chi connectivity index (χ0v) is 15.3. The molecule has 2 aromatic carbocycles. The number of hydrogen-bond donors (Lipinski definition) is 2. The first kappa shape index (κ1) is 18.4. The monoisotopic (exact) mass is 362 g/mol. The first-order valence-electron chi connectivity index (χ1n) is 8.89. The summed E-state index contributed by atoms with van der Waals surface area (Å²) in [6.07, 6.45) is 0.974. The van der Waals surface area contributed by atoms with E-state index < -0.39 is 0 Å². The Labute approximate surface area is 158 Å². The second-order valence-electron chi connectivity index (χ2n) is 6.12. The Morgan fingerprint density at radius 2 is 1.74 bits per heavy atom. The van der Waals surface area contributed by atoms with Crippen LogP contribution in [0.15, 0.2) is 66.7 Å². The van der Waals surface area contributed by atoms with Crippen LogP contribution in [0.1, 0.15) is 30.8 Å². The van der Waals surface area contributed by atoms with Gasteiger partial charge in [-0.15, -0.1) is 10.2 Å². The van der Waals surface area contributed by atoms with Gasteiger partial charge >= 0.3 is 0 Å². The third-order valence-electron chi connectivity index (χ3n) is 4.01. The number of amides is 1. The van der Waals surface area contributed by atoms with Gasteiger partial charge < -0.3 is 15.4 Å². The molecule has 1 heterocycles. The highest BCUT2D eigenvalue weighted by molar-refractivity contribution is 6.03. The van der Waals surface area contributed by atoms with Crippen LogP contribution >= 0.6 is 0 Å². The lowest BCUT2D eigenvalue weighted by atomic mass is 10.2. The minimum atomic E-state index is -0.346. The molecule has 0 spiro atoms. The average Bonchev–Trinajstić information content (AvgIpc) is 2.70. The molecule has 1 atom stereocenters. The average molecular weight is 362 g/mol. The second kappa shape index (κ2) is 8.80. The highest BCUT2D eigenvalue weighted by Gasteiger charge is 2.12. The lowest BCUT2D eigenvalue weighted by Crippen LogP contribution is -2.17. The van der Waals surface area contributed by atoms with E-state index in [2.05, 4.69) is 34.7 Å². The molecule has 0 saturated carbocycles. The van der Waals surface area contributed by atoms with Gasteiger partial charge in [-0.3, -0.25) is 4.79 Å². The van der Waals surface area contributed by atoms with Crippen LogP contribution in [0.2, 0.25) is 0 Å². The van der Waals surface area contributed by atoms with Crippen molar-refractivity contribution in [3.63, 3.8) is 0 Å². The molecule has 3 rings (SSSR count). The second-order valence-corrected chi connectivity index (χ2v) is 6.12. The van der Waals surface area contributed by atoms with Crippen LogP contribution in [0.25, 0.3) is 0 Å². The Kier molecular flexibility index (Phi) is 5.99. The Morgan fingerprint density at radius 1 is 1.00 bits per heavy atom. The van der Waals surface area contributed by atoms with E-state index in [0.29, 0.717) is 29.0 Å². The molecule has 0 aliphatic heterocycles. The number of para-hydroxylation sites is 3. The molecule has 6 heteroatoms.